The van der Waals surface area contributed by atoms with Crippen LogP contribution in [0.1, 0.15) is 171 Å². The number of hydrogen-bond acceptors (Lipinski definition) is 4. The van der Waals surface area contributed by atoms with Gasteiger partial charge in [0.15, 0.2) is 5.78 Å². The quantitative estimate of drug-likeness (QED) is 0.343. The first kappa shape index (κ1) is 36.1. The molecule has 0 unspecified atom stereocenters. The van der Waals surface area contributed by atoms with Crippen LogP contribution in [0, 0.1) is 12.8 Å². The standard InChI is InChI=1S/C27H33NO4.2C6H13N/c1-17-12-13-20(23(29)16-18-8-4-2-5-9-18)25-22(27(31)32)15-14-21(24(17)25)26(30)28-19-10-6-3-7-11-19;2*7-6-4-2-1-3-5-6/h12-15,18-19H,2-11,16H2,1H3,(H,28,30)(H,31,32);2*6H,1-5,7H2/p+1. The lowest BCUT2D eigenvalue weighted by Crippen LogP contribution is -2.61. The second-order valence-corrected chi connectivity index (χ2v) is 14.6. The summed E-state index contributed by atoms with van der Waals surface area (Å²) in [7, 11) is 0. The topological polar surface area (TPSA) is 142 Å². The molecule has 4 aliphatic carbocycles. The van der Waals surface area contributed by atoms with E-state index in [0.717, 1.165) is 69.0 Å². The van der Waals surface area contributed by atoms with Crippen molar-refractivity contribution < 1.29 is 31.0 Å². The Labute approximate surface area is 276 Å². The van der Waals surface area contributed by atoms with Crippen LogP contribution in [0.4, 0.5) is 0 Å². The zero-order chi connectivity index (χ0) is 32.9. The zero-order valence-electron chi connectivity index (χ0n) is 28.5. The van der Waals surface area contributed by atoms with Gasteiger partial charge in [-0.05, 0) is 94.1 Å². The number of rotatable bonds is 6. The Balaban J connectivity index is 0.000000280. The molecule has 7 nitrogen and oxygen atoms in total. The van der Waals surface area contributed by atoms with Crippen molar-refractivity contribution in [3.8, 4) is 0 Å². The molecule has 4 aliphatic rings. The fraction of sp³-hybridized carbons (Fsp3) is 0.667. The van der Waals surface area contributed by atoms with Crippen LogP contribution in [0.3, 0.4) is 0 Å². The SMILES string of the molecule is Cc1ccc(C(=O)CC2CCCCC2)c2c(C(=O)[O-])ccc(C(=O)NC3CCCCC3)c12.[NH3+]C1CCCCC1.[NH3+]C1CCCCC1. The lowest BCUT2D eigenvalue weighted by atomic mass is 9.83. The summed E-state index contributed by atoms with van der Waals surface area (Å²) in [6.07, 6.45) is 25.4. The summed E-state index contributed by atoms with van der Waals surface area (Å²) in [5, 5.41) is 16.0. The lowest BCUT2D eigenvalue weighted by molar-refractivity contribution is -0.425. The van der Waals surface area contributed by atoms with E-state index in [0.29, 0.717) is 34.2 Å². The highest BCUT2D eigenvalue weighted by molar-refractivity contribution is 6.20. The Morgan fingerprint density at radius 2 is 1.09 bits per heavy atom. The molecule has 0 saturated heterocycles. The van der Waals surface area contributed by atoms with Crippen molar-refractivity contribution >= 4 is 28.4 Å². The number of benzene rings is 2. The monoisotopic (exact) mass is 634 g/mol. The maximum absolute atomic E-state index is 13.3. The number of nitrogens with one attached hydrogen (secondary N) is 1. The highest BCUT2D eigenvalue weighted by atomic mass is 16.4. The van der Waals surface area contributed by atoms with E-state index in [4.69, 9.17) is 0 Å². The number of carboxylic acids is 1. The molecule has 2 aromatic carbocycles. The smallest absolute Gasteiger partial charge is 0.252 e. The van der Waals surface area contributed by atoms with Gasteiger partial charge in [-0.2, -0.15) is 0 Å². The second-order valence-electron chi connectivity index (χ2n) is 14.6. The summed E-state index contributed by atoms with van der Waals surface area (Å²) in [5.41, 5.74) is 9.58. The number of carboxylic acid groups (broad SMARTS) is 1. The first-order chi connectivity index (χ1) is 22.2. The average molecular weight is 635 g/mol. The van der Waals surface area contributed by atoms with E-state index < -0.39 is 5.97 Å². The third kappa shape index (κ3) is 10.6. The molecular weight excluding hydrogens is 574 g/mol. The number of hydrogen-bond donors (Lipinski definition) is 3. The van der Waals surface area contributed by atoms with E-state index in [1.54, 1.807) is 12.1 Å². The molecule has 1 amide bonds. The fourth-order valence-corrected chi connectivity index (χ4v) is 7.91. The highest BCUT2D eigenvalue weighted by Gasteiger charge is 2.24. The third-order valence-electron chi connectivity index (χ3n) is 10.7. The maximum atomic E-state index is 13.3. The minimum Gasteiger partial charge on any atom is -0.545 e. The van der Waals surface area contributed by atoms with Gasteiger partial charge in [0.2, 0.25) is 0 Å². The van der Waals surface area contributed by atoms with Crippen LogP contribution >= 0.6 is 0 Å². The molecule has 0 bridgehead atoms. The van der Waals surface area contributed by atoms with E-state index in [1.807, 2.05) is 13.0 Å². The Bertz CT molecular complexity index is 1270. The number of Topliss-reactive ketones (excluding diaryl/α,β-unsaturated/α-hetero) is 1. The molecule has 46 heavy (non-hydrogen) atoms. The Kier molecular flexibility index (Phi) is 14.5. The summed E-state index contributed by atoms with van der Waals surface area (Å²) in [4.78, 5) is 38.5. The average Bonchev–Trinajstić information content (AvgIpc) is 3.06. The van der Waals surface area contributed by atoms with Gasteiger partial charge in [-0.3, -0.25) is 9.59 Å². The maximum Gasteiger partial charge on any atom is 0.252 e. The van der Waals surface area contributed by atoms with Crippen molar-refractivity contribution in [3.63, 3.8) is 0 Å². The molecule has 0 spiro atoms. The van der Waals surface area contributed by atoms with Crippen molar-refractivity contribution in [3.05, 3.63) is 46.5 Å². The number of fused-ring (bicyclic) bond motifs is 1. The van der Waals surface area contributed by atoms with Gasteiger partial charge in [0, 0.05) is 34.5 Å². The van der Waals surface area contributed by atoms with E-state index in [1.165, 1.54) is 83.1 Å². The van der Waals surface area contributed by atoms with E-state index >= 15 is 0 Å². The second kappa shape index (κ2) is 18.5. The molecule has 7 N–H and O–H groups in total. The lowest BCUT2D eigenvalue weighted by Gasteiger charge is -2.24. The summed E-state index contributed by atoms with van der Waals surface area (Å²) >= 11 is 0. The molecule has 7 heteroatoms. The van der Waals surface area contributed by atoms with Gasteiger partial charge < -0.3 is 26.7 Å². The van der Waals surface area contributed by atoms with Crippen LogP contribution in [0.15, 0.2) is 24.3 Å². The normalized spacial score (nSPS) is 20.2. The van der Waals surface area contributed by atoms with Crippen molar-refractivity contribution in [1.82, 2.24) is 5.32 Å². The van der Waals surface area contributed by atoms with Crippen LogP contribution in [0.2, 0.25) is 0 Å². The molecule has 0 heterocycles. The number of aromatic carboxylic acids is 1. The van der Waals surface area contributed by atoms with Gasteiger partial charge >= 0.3 is 0 Å². The number of aryl methyl sites for hydroxylation is 1. The Morgan fingerprint density at radius 3 is 1.57 bits per heavy atom. The van der Waals surface area contributed by atoms with Crippen LogP contribution in [-0.2, 0) is 0 Å². The number of ketones is 1. The van der Waals surface area contributed by atoms with E-state index in [2.05, 4.69) is 16.8 Å². The molecule has 0 aromatic heterocycles. The highest BCUT2D eigenvalue weighted by Crippen LogP contribution is 2.33. The van der Waals surface area contributed by atoms with Crippen molar-refractivity contribution in [2.75, 3.05) is 0 Å². The van der Waals surface area contributed by atoms with E-state index in [-0.39, 0.29) is 23.3 Å². The predicted molar refractivity (Wildman–Crippen MR) is 182 cm³/mol. The van der Waals surface area contributed by atoms with Gasteiger partial charge in [0.25, 0.3) is 5.91 Å². The van der Waals surface area contributed by atoms with Crippen molar-refractivity contribution in [1.29, 1.82) is 0 Å². The van der Waals surface area contributed by atoms with Gasteiger partial charge in [0.05, 0.1) is 18.1 Å². The molecule has 0 atom stereocenters. The molecule has 4 saturated carbocycles. The van der Waals surface area contributed by atoms with Crippen LogP contribution in [0.5, 0.6) is 0 Å². The fourth-order valence-electron chi connectivity index (χ4n) is 7.91. The van der Waals surface area contributed by atoms with E-state index in [9.17, 15) is 19.5 Å². The molecule has 6 rings (SSSR count). The number of carbonyl (C=O) groups is 3. The Morgan fingerprint density at radius 1 is 0.630 bits per heavy atom. The summed E-state index contributed by atoms with van der Waals surface area (Å²) in [6, 6.07) is 8.24. The van der Waals surface area contributed by atoms with Gasteiger partial charge in [-0.15, -0.1) is 0 Å². The van der Waals surface area contributed by atoms with Crippen molar-refractivity contribution in [2.45, 2.75) is 160 Å². The van der Waals surface area contributed by atoms with Crippen LogP contribution in [0.25, 0.3) is 10.8 Å². The predicted octanol–water partition coefficient (Wildman–Crippen LogP) is 5.85. The van der Waals surface area contributed by atoms with Gasteiger partial charge in [-0.25, -0.2) is 0 Å². The zero-order valence-corrected chi connectivity index (χ0v) is 28.5. The largest absolute Gasteiger partial charge is 0.545 e. The number of carbonyl (C=O) groups excluding carboxylic acids is 3. The van der Waals surface area contributed by atoms with Gasteiger partial charge in [0.1, 0.15) is 0 Å². The first-order valence-electron chi connectivity index (χ1n) is 18.5. The minimum atomic E-state index is -1.33. The molecule has 0 aliphatic heterocycles. The van der Waals surface area contributed by atoms with Gasteiger partial charge in [-0.1, -0.05) is 82.4 Å². The number of amides is 1. The Hall–Kier alpha value is -2.77. The molecule has 2 aromatic rings. The molecule has 4 fully saturated rings. The summed E-state index contributed by atoms with van der Waals surface area (Å²) in [5.74, 6) is -1.23. The van der Waals surface area contributed by atoms with Crippen LogP contribution < -0.4 is 21.9 Å². The molecule has 254 valence electrons. The molecule has 0 radical (unpaired) electrons. The summed E-state index contributed by atoms with van der Waals surface area (Å²) < 4.78 is 0. The first-order valence-corrected chi connectivity index (χ1v) is 18.5. The number of quaternary nitrogens is 2. The summed E-state index contributed by atoms with van der Waals surface area (Å²) in [6.45, 7) is 1.86. The molecular formula is C39H60N3O4+. The van der Waals surface area contributed by atoms with Crippen LogP contribution in [-0.4, -0.2) is 35.8 Å². The third-order valence-corrected chi connectivity index (χ3v) is 10.7. The van der Waals surface area contributed by atoms with Crippen molar-refractivity contribution in [2.24, 2.45) is 5.92 Å². The minimum absolute atomic E-state index is 0.0232.